The van der Waals surface area contributed by atoms with E-state index >= 15 is 0 Å². The van der Waals surface area contributed by atoms with Gasteiger partial charge in [-0.25, -0.2) is 0 Å². The van der Waals surface area contributed by atoms with Crippen LogP contribution in [0.5, 0.6) is 0 Å². The van der Waals surface area contributed by atoms with Crippen molar-refractivity contribution in [2.75, 3.05) is 0 Å². The van der Waals surface area contributed by atoms with E-state index < -0.39 is 0 Å². The Kier molecular flexibility index (Phi) is 3.43. The van der Waals surface area contributed by atoms with E-state index in [2.05, 4.69) is 40.0 Å². The summed E-state index contributed by atoms with van der Waals surface area (Å²) < 4.78 is 0. The third-order valence-electron chi connectivity index (χ3n) is 2.58. The Morgan fingerprint density at radius 3 is 2.23 bits per heavy atom. The minimum Gasteiger partial charge on any atom is -0.143 e. The summed E-state index contributed by atoms with van der Waals surface area (Å²) in [5, 5.41) is 0. The molecule has 1 aliphatic carbocycles. The van der Waals surface area contributed by atoms with Crippen LogP contribution in [0.4, 0.5) is 0 Å². The molecule has 0 unspecified atom stereocenters. The van der Waals surface area contributed by atoms with Crippen molar-refractivity contribution >= 4 is 12.6 Å². The summed E-state index contributed by atoms with van der Waals surface area (Å²) in [5.41, 5.74) is 5.63. The van der Waals surface area contributed by atoms with Crippen molar-refractivity contribution in [3.8, 4) is 0 Å². The zero-order chi connectivity index (χ0) is 10.0. The number of rotatable bonds is 2. The summed E-state index contributed by atoms with van der Waals surface area (Å²) in [6.45, 7) is 10.4. The second kappa shape index (κ2) is 4.19. The van der Waals surface area contributed by atoms with Crippen LogP contribution in [0.1, 0.15) is 40.0 Å². The molecule has 0 nitrogen and oxygen atoms in total. The summed E-state index contributed by atoms with van der Waals surface area (Å²) in [6, 6.07) is 0. The minimum atomic E-state index is 0.913. The average Bonchev–Trinajstić information content (AvgIpc) is 2.35. The van der Waals surface area contributed by atoms with E-state index in [-0.39, 0.29) is 0 Å². The Labute approximate surface area is 86.8 Å². The van der Waals surface area contributed by atoms with Crippen LogP contribution in [0.2, 0.25) is 0 Å². The van der Waals surface area contributed by atoms with Crippen molar-refractivity contribution < 1.29 is 0 Å². The summed E-state index contributed by atoms with van der Waals surface area (Å²) in [7, 11) is 0. The van der Waals surface area contributed by atoms with Gasteiger partial charge in [0.2, 0.25) is 0 Å². The van der Waals surface area contributed by atoms with Gasteiger partial charge in [-0.2, -0.15) is 0 Å². The highest BCUT2D eigenvalue weighted by Gasteiger charge is 2.16. The summed E-state index contributed by atoms with van der Waals surface area (Å²) in [4.78, 5) is 0.913. The molecular weight excluding hydrogens is 176 g/mol. The topological polar surface area (TPSA) is 0 Å². The third kappa shape index (κ3) is 2.28. The lowest BCUT2D eigenvalue weighted by atomic mass is 9.98. The second-order valence-corrected chi connectivity index (χ2v) is 4.47. The first kappa shape index (κ1) is 10.6. The second-order valence-electron chi connectivity index (χ2n) is 3.93. The quantitative estimate of drug-likeness (QED) is 0.492. The monoisotopic (exact) mass is 194 g/mol. The largest absolute Gasteiger partial charge is 0.143 e. The molecule has 0 N–H and O–H groups in total. The summed E-state index contributed by atoms with van der Waals surface area (Å²) in [5.74, 6) is 0. The van der Waals surface area contributed by atoms with Crippen molar-refractivity contribution in [2.24, 2.45) is 0 Å². The number of allylic oxidation sites excluding steroid dienone is 4. The van der Waals surface area contributed by atoms with Crippen molar-refractivity contribution in [3.05, 3.63) is 33.8 Å². The fraction of sp³-hybridized carbons (Fsp3) is 0.500. The minimum absolute atomic E-state index is 0.913. The average molecular weight is 194 g/mol. The molecule has 0 aliphatic heterocycles. The standard InChI is InChI=1S/C12H18S/c1-8(2)12(10(4)13)11-7-5-6-9(11)3/h13H,4-7H2,1-3H3. The molecule has 0 radical (unpaired) electrons. The predicted octanol–water partition coefficient (Wildman–Crippen LogP) is 4.27. The van der Waals surface area contributed by atoms with Gasteiger partial charge in [0.1, 0.15) is 0 Å². The van der Waals surface area contributed by atoms with E-state index in [1.165, 1.54) is 41.6 Å². The van der Waals surface area contributed by atoms with E-state index in [0.29, 0.717) is 0 Å². The van der Waals surface area contributed by atoms with Crippen LogP contribution in [-0.4, -0.2) is 0 Å². The third-order valence-corrected chi connectivity index (χ3v) is 2.81. The molecule has 1 heteroatoms. The normalized spacial score (nSPS) is 16.3. The Morgan fingerprint density at radius 1 is 1.31 bits per heavy atom. The maximum atomic E-state index is 4.36. The summed E-state index contributed by atoms with van der Waals surface area (Å²) in [6.07, 6.45) is 3.73. The Balaban J connectivity index is 3.10. The first-order chi connectivity index (χ1) is 6.04. The number of hydrogen-bond acceptors (Lipinski definition) is 1. The van der Waals surface area contributed by atoms with Crippen molar-refractivity contribution in [1.29, 1.82) is 0 Å². The predicted molar refractivity (Wildman–Crippen MR) is 63.1 cm³/mol. The SMILES string of the molecule is C=C(S)C(=C(C)C)C1=C(C)CCC1. The van der Waals surface area contributed by atoms with Gasteiger partial charge < -0.3 is 0 Å². The van der Waals surface area contributed by atoms with Gasteiger partial charge in [0.15, 0.2) is 0 Å². The van der Waals surface area contributed by atoms with Gasteiger partial charge in [-0.1, -0.05) is 17.7 Å². The van der Waals surface area contributed by atoms with Crippen LogP contribution in [0.3, 0.4) is 0 Å². The Bertz CT molecular complexity index is 288. The number of hydrogen-bond donors (Lipinski definition) is 1. The van der Waals surface area contributed by atoms with E-state index in [9.17, 15) is 0 Å². The highest BCUT2D eigenvalue weighted by atomic mass is 32.1. The molecule has 0 aromatic rings. The molecule has 0 amide bonds. The van der Waals surface area contributed by atoms with Gasteiger partial charge in [0.05, 0.1) is 0 Å². The van der Waals surface area contributed by atoms with E-state index in [4.69, 9.17) is 0 Å². The van der Waals surface area contributed by atoms with Gasteiger partial charge in [-0.05, 0) is 51.2 Å². The highest BCUT2D eigenvalue weighted by molar-refractivity contribution is 7.84. The summed E-state index contributed by atoms with van der Waals surface area (Å²) >= 11 is 4.36. The molecule has 13 heavy (non-hydrogen) atoms. The fourth-order valence-electron chi connectivity index (χ4n) is 2.00. The molecule has 0 spiro atoms. The lowest BCUT2D eigenvalue weighted by molar-refractivity contribution is 0.895. The van der Waals surface area contributed by atoms with E-state index in [1.54, 1.807) is 0 Å². The van der Waals surface area contributed by atoms with Crippen LogP contribution >= 0.6 is 12.6 Å². The van der Waals surface area contributed by atoms with Gasteiger partial charge in [-0.15, -0.1) is 12.6 Å². The molecule has 0 atom stereocenters. The first-order valence-electron chi connectivity index (χ1n) is 4.78. The van der Waals surface area contributed by atoms with E-state index in [0.717, 1.165) is 4.91 Å². The smallest absolute Gasteiger partial charge is 0.00426 e. The molecule has 0 aromatic heterocycles. The molecule has 1 aliphatic rings. The zero-order valence-electron chi connectivity index (χ0n) is 8.78. The van der Waals surface area contributed by atoms with Crippen LogP contribution in [0, 0.1) is 0 Å². The lowest BCUT2D eigenvalue weighted by Crippen LogP contribution is -1.91. The van der Waals surface area contributed by atoms with Crippen molar-refractivity contribution in [3.63, 3.8) is 0 Å². The molecule has 0 aromatic carbocycles. The number of thiol groups is 1. The molecular formula is C12H18S. The molecule has 0 bridgehead atoms. The van der Waals surface area contributed by atoms with Gasteiger partial charge in [-0.3, -0.25) is 0 Å². The van der Waals surface area contributed by atoms with Gasteiger partial charge in [0.25, 0.3) is 0 Å². The molecule has 0 saturated carbocycles. The Morgan fingerprint density at radius 2 is 1.92 bits per heavy atom. The van der Waals surface area contributed by atoms with Gasteiger partial charge >= 0.3 is 0 Å². The highest BCUT2D eigenvalue weighted by Crippen LogP contribution is 2.36. The molecule has 1 rings (SSSR count). The molecule has 0 heterocycles. The maximum absolute atomic E-state index is 4.36. The van der Waals surface area contributed by atoms with Crippen LogP contribution in [0.25, 0.3) is 0 Å². The van der Waals surface area contributed by atoms with Crippen LogP contribution < -0.4 is 0 Å². The van der Waals surface area contributed by atoms with E-state index in [1.807, 2.05) is 0 Å². The van der Waals surface area contributed by atoms with Gasteiger partial charge in [0, 0.05) is 4.91 Å². The van der Waals surface area contributed by atoms with Crippen molar-refractivity contribution in [1.82, 2.24) is 0 Å². The molecule has 0 fully saturated rings. The molecule has 0 saturated heterocycles. The van der Waals surface area contributed by atoms with Crippen LogP contribution in [-0.2, 0) is 0 Å². The van der Waals surface area contributed by atoms with Crippen LogP contribution in [0.15, 0.2) is 33.8 Å². The first-order valence-corrected chi connectivity index (χ1v) is 5.23. The molecule has 72 valence electrons. The lowest BCUT2D eigenvalue weighted by Gasteiger charge is -2.11. The zero-order valence-corrected chi connectivity index (χ0v) is 9.67. The fourth-order valence-corrected chi connectivity index (χ4v) is 2.36. The maximum Gasteiger partial charge on any atom is 0.00426 e. The Hall–Kier alpha value is -0.430. The van der Waals surface area contributed by atoms with Crippen molar-refractivity contribution in [2.45, 2.75) is 40.0 Å².